The Kier molecular flexibility index (Phi) is 12.3. The normalized spacial score (nSPS) is 22.2. The highest BCUT2D eigenvalue weighted by molar-refractivity contribution is 6.21. The Hall–Kier alpha value is -5.04. The maximum absolute atomic E-state index is 13.3. The number of nitrogens with zero attached hydrogens (tertiary/aromatic N) is 3. The number of carbonyl (C=O) groups is 1. The summed E-state index contributed by atoms with van der Waals surface area (Å²) in [5, 5.41) is 15.3. The van der Waals surface area contributed by atoms with E-state index in [2.05, 4.69) is 98.5 Å². The fraction of sp³-hybridized carbons (Fsp3) is 0.429. The number of fused-ring (bicyclic) bond motifs is 5. The van der Waals surface area contributed by atoms with Gasteiger partial charge in [-0.1, -0.05) is 55.4 Å². The molecule has 294 valence electrons. The highest BCUT2D eigenvalue weighted by Gasteiger charge is 2.42. The molecule has 1 fully saturated rings. The first kappa shape index (κ1) is 40.6. The van der Waals surface area contributed by atoms with Crippen molar-refractivity contribution in [2.45, 2.75) is 121 Å². The molecule has 1 aliphatic carbocycles. The number of allylic oxidation sites excluding steroid dienone is 17. The molecule has 0 spiro atoms. The van der Waals surface area contributed by atoms with Crippen LogP contribution in [0.25, 0.3) is 0 Å². The van der Waals surface area contributed by atoms with Crippen LogP contribution in [0.1, 0.15) is 121 Å². The molecule has 2 N–H and O–H groups in total. The van der Waals surface area contributed by atoms with E-state index in [-0.39, 0.29) is 30.8 Å². The first-order valence-corrected chi connectivity index (χ1v) is 20.4. The van der Waals surface area contributed by atoms with E-state index >= 15 is 0 Å². The number of aliphatic imine (C=N–C) groups is 3. The van der Waals surface area contributed by atoms with E-state index in [1.807, 2.05) is 19.1 Å². The molecule has 7 heteroatoms. The molecule has 1 saturated heterocycles. The average molecular weight is 753 g/mol. The Labute approximate surface area is 334 Å². The second-order valence-electron chi connectivity index (χ2n) is 16.3. The highest BCUT2D eigenvalue weighted by Crippen LogP contribution is 2.47. The smallest absolute Gasteiger partial charge is 0.306 e. The van der Waals surface area contributed by atoms with Crippen LogP contribution in [0.3, 0.4) is 0 Å². The monoisotopic (exact) mass is 752 g/mol. The van der Waals surface area contributed by atoms with Crippen LogP contribution in [0.5, 0.6) is 0 Å². The highest BCUT2D eigenvalue weighted by atomic mass is 16.5. The van der Waals surface area contributed by atoms with E-state index in [4.69, 9.17) is 19.7 Å². The molecule has 6 aliphatic rings. The Morgan fingerprint density at radius 1 is 0.875 bits per heavy atom. The average Bonchev–Trinajstić information content (AvgIpc) is 3.91. The molecule has 0 unspecified atom stereocenters. The summed E-state index contributed by atoms with van der Waals surface area (Å²) in [6.07, 6.45) is 18.9. The van der Waals surface area contributed by atoms with Crippen molar-refractivity contribution in [2.75, 3.05) is 6.61 Å². The molecule has 0 aromatic carbocycles. The van der Waals surface area contributed by atoms with Gasteiger partial charge >= 0.3 is 5.97 Å². The lowest BCUT2D eigenvalue weighted by Gasteiger charge is -2.18. The summed E-state index contributed by atoms with van der Waals surface area (Å²) in [6, 6.07) is 0. The molecule has 6 rings (SSSR count). The number of hydrogen-bond donors (Lipinski definition) is 2. The Morgan fingerprint density at radius 3 is 2.29 bits per heavy atom. The fourth-order valence-corrected chi connectivity index (χ4v) is 8.77. The van der Waals surface area contributed by atoms with Gasteiger partial charge in [0.2, 0.25) is 0 Å². The summed E-state index contributed by atoms with van der Waals surface area (Å²) in [6.45, 7) is 25.8. The second-order valence-corrected chi connectivity index (χ2v) is 16.3. The Balaban J connectivity index is 1.27. The van der Waals surface area contributed by atoms with Gasteiger partial charge in [-0.3, -0.25) is 4.79 Å². The van der Waals surface area contributed by atoms with Crippen molar-refractivity contribution in [3.8, 4) is 0 Å². The molecule has 5 heterocycles. The van der Waals surface area contributed by atoms with Crippen LogP contribution in [0.15, 0.2) is 154 Å². The number of hydrogen-bond acceptors (Lipinski definition) is 7. The number of nitrogens with one attached hydrogen (secondary N) is 1. The first-order valence-electron chi connectivity index (χ1n) is 20.4. The van der Waals surface area contributed by atoms with Gasteiger partial charge in [-0.2, -0.15) is 0 Å². The lowest BCUT2D eigenvalue weighted by Crippen LogP contribution is -2.16. The van der Waals surface area contributed by atoms with Crippen LogP contribution in [0.2, 0.25) is 0 Å². The number of aliphatic hydroxyl groups excluding tert-OH is 1. The van der Waals surface area contributed by atoms with E-state index in [9.17, 15) is 9.90 Å². The largest absolute Gasteiger partial charge is 0.511 e. The zero-order valence-corrected chi connectivity index (χ0v) is 35.3. The summed E-state index contributed by atoms with van der Waals surface area (Å²) >= 11 is 0. The summed E-state index contributed by atoms with van der Waals surface area (Å²) in [5.41, 5.74) is 19.5. The number of esters is 1. The second kappa shape index (κ2) is 17.0. The molecule has 5 aliphatic heterocycles. The number of rotatable bonds is 13. The molecule has 0 aromatic heterocycles. The SMILES string of the molecule is C=CC1=C(C)C2=NC1=CC1=NC(=CC3=C(C)C4=C(O)CC(=C5NC(=C2C)[C@@H](C)[C@@H]5CCC(=O)OC/C=C(\C)CC/C=C(\C)CCC=C(C)C)C4=N3)C(CC)=C1C. The van der Waals surface area contributed by atoms with E-state index in [0.29, 0.717) is 18.6 Å². The van der Waals surface area contributed by atoms with Crippen LogP contribution in [0.4, 0.5) is 0 Å². The van der Waals surface area contributed by atoms with Gasteiger partial charge in [-0.25, -0.2) is 15.0 Å². The van der Waals surface area contributed by atoms with Crippen molar-refractivity contribution in [3.63, 3.8) is 0 Å². The minimum Gasteiger partial charge on any atom is -0.511 e. The number of ether oxygens (including phenoxy) is 1. The number of carbonyl (C=O) groups excluding carboxylic acids is 1. The van der Waals surface area contributed by atoms with Crippen molar-refractivity contribution >= 4 is 23.1 Å². The maximum Gasteiger partial charge on any atom is 0.306 e. The summed E-state index contributed by atoms with van der Waals surface area (Å²) in [4.78, 5) is 28.8. The quantitative estimate of drug-likeness (QED) is 0.145. The van der Waals surface area contributed by atoms with Crippen LogP contribution in [0, 0.1) is 11.8 Å². The standard InChI is InChI=1S/C49H60N4O3/c1-12-35-30(7)39-25-42-36(13-2)31(8)46(52-42)34(11)47-32(9)37(20-21-44(55)56-23-22-29(6)19-15-18-28(5)17-14-16-27(3)4)48(53-47)38-24-43(54)45-33(10)40(51-49(38)45)26-41(35)50-39/h13,16,18,22,25-26,32,37,53-54H,2,12,14-15,17,19-21,23-24H2,1,3-11H3/b28-18+,29-22+,41-26?,42-25?,47-34?,48-38?/t32-,37-/m0/s1. The van der Waals surface area contributed by atoms with Crippen molar-refractivity contribution in [2.24, 2.45) is 26.8 Å². The molecular weight excluding hydrogens is 693 g/mol. The molecule has 2 atom stereocenters. The van der Waals surface area contributed by atoms with Crippen LogP contribution in [-0.2, 0) is 9.53 Å². The molecule has 7 nitrogen and oxygen atoms in total. The van der Waals surface area contributed by atoms with Gasteiger partial charge < -0.3 is 15.2 Å². The van der Waals surface area contributed by atoms with E-state index in [0.717, 1.165) is 117 Å². The minimum atomic E-state index is -0.207. The topological polar surface area (TPSA) is 95.6 Å². The Morgan fingerprint density at radius 2 is 1.59 bits per heavy atom. The van der Waals surface area contributed by atoms with Crippen LogP contribution in [-0.4, -0.2) is 34.8 Å². The van der Waals surface area contributed by atoms with Gasteiger partial charge in [0.05, 0.1) is 34.2 Å². The Bertz CT molecular complexity index is 2200. The van der Waals surface area contributed by atoms with Crippen LogP contribution < -0.4 is 5.32 Å². The van der Waals surface area contributed by atoms with Gasteiger partial charge in [0, 0.05) is 52.8 Å². The third-order valence-electron chi connectivity index (χ3n) is 12.1. The molecule has 0 radical (unpaired) electrons. The minimum absolute atomic E-state index is 0.0150. The van der Waals surface area contributed by atoms with E-state index < -0.39 is 0 Å². The van der Waals surface area contributed by atoms with Gasteiger partial charge in [0.15, 0.2) is 0 Å². The lowest BCUT2D eigenvalue weighted by molar-refractivity contribution is -0.142. The van der Waals surface area contributed by atoms with Gasteiger partial charge in [-0.15, -0.1) is 0 Å². The molecule has 8 bridgehead atoms. The predicted molar refractivity (Wildman–Crippen MR) is 232 cm³/mol. The summed E-state index contributed by atoms with van der Waals surface area (Å²) < 4.78 is 5.76. The molecule has 0 aromatic rings. The van der Waals surface area contributed by atoms with E-state index in [1.165, 1.54) is 22.3 Å². The molecule has 56 heavy (non-hydrogen) atoms. The maximum atomic E-state index is 13.3. The molecular formula is C49H60N4O3. The van der Waals surface area contributed by atoms with Crippen LogP contribution >= 0.6 is 0 Å². The molecule has 0 saturated carbocycles. The predicted octanol–water partition coefficient (Wildman–Crippen LogP) is 12.0. The zero-order valence-electron chi connectivity index (χ0n) is 35.3. The van der Waals surface area contributed by atoms with Crippen molar-refractivity contribution < 1.29 is 14.6 Å². The molecule has 0 amide bonds. The van der Waals surface area contributed by atoms with Crippen molar-refractivity contribution in [1.29, 1.82) is 0 Å². The third kappa shape index (κ3) is 8.09. The zero-order chi connectivity index (χ0) is 40.4. The number of aliphatic hydroxyl groups is 1. The third-order valence-corrected chi connectivity index (χ3v) is 12.1. The van der Waals surface area contributed by atoms with Gasteiger partial charge in [0.25, 0.3) is 0 Å². The van der Waals surface area contributed by atoms with Crippen molar-refractivity contribution in [3.05, 3.63) is 139 Å². The lowest BCUT2D eigenvalue weighted by atomic mass is 9.85. The van der Waals surface area contributed by atoms with Gasteiger partial charge in [0.1, 0.15) is 12.4 Å². The summed E-state index contributed by atoms with van der Waals surface area (Å²) in [5.74, 6) is 0.163. The van der Waals surface area contributed by atoms with Gasteiger partial charge in [-0.05, 0) is 140 Å². The fourth-order valence-electron chi connectivity index (χ4n) is 8.77. The summed E-state index contributed by atoms with van der Waals surface area (Å²) in [7, 11) is 0. The van der Waals surface area contributed by atoms with Crippen molar-refractivity contribution in [1.82, 2.24) is 5.32 Å². The van der Waals surface area contributed by atoms with E-state index in [1.54, 1.807) is 0 Å². The first-order chi connectivity index (χ1) is 26.7.